The predicted molar refractivity (Wildman–Crippen MR) is 68.3 cm³/mol. The lowest BCUT2D eigenvalue weighted by atomic mass is 9.98. The number of ketones is 1. The minimum absolute atomic E-state index is 0.0388. The zero-order valence-corrected chi connectivity index (χ0v) is 10.5. The normalized spacial score (nSPS) is 11.3. The van der Waals surface area contributed by atoms with Crippen LogP contribution in [0, 0.1) is 0 Å². The molecule has 0 spiro atoms. The zero-order chi connectivity index (χ0) is 14.6. The summed E-state index contributed by atoms with van der Waals surface area (Å²) in [6.07, 6.45) is -0.902. The van der Waals surface area contributed by atoms with Gasteiger partial charge in [0, 0.05) is 24.4 Å². The summed E-state index contributed by atoms with van der Waals surface area (Å²) in [5, 5.41) is 0. The fourth-order valence-corrected chi connectivity index (χ4v) is 1.92. The Morgan fingerprint density at radius 2 is 1.70 bits per heavy atom. The lowest BCUT2D eigenvalue weighted by Gasteiger charge is -2.11. The maximum Gasteiger partial charge on any atom is 0.417 e. The van der Waals surface area contributed by atoms with Crippen molar-refractivity contribution in [2.24, 2.45) is 0 Å². The number of carbonyl (C=O) groups is 1. The second-order valence-electron chi connectivity index (χ2n) is 4.32. The summed E-state index contributed by atoms with van der Waals surface area (Å²) < 4.78 is 38.4. The summed E-state index contributed by atoms with van der Waals surface area (Å²) in [7, 11) is 0. The van der Waals surface area contributed by atoms with Crippen molar-refractivity contribution in [2.75, 3.05) is 0 Å². The van der Waals surface area contributed by atoms with Crippen molar-refractivity contribution < 1.29 is 18.0 Å². The van der Waals surface area contributed by atoms with E-state index in [-0.39, 0.29) is 12.0 Å². The van der Waals surface area contributed by atoms with E-state index in [4.69, 9.17) is 0 Å². The topological polar surface area (TPSA) is 30.0 Å². The molecule has 2 rings (SSSR count). The minimum Gasteiger partial charge on any atom is -0.294 e. The first kappa shape index (κ1) is 14.2. The fourth-order valence-electron chi connectivity index (χ4n) is 1.92. The van der Waals surface area contributed by atoms with Crippen LogP contribution < -0.4 is 0 Å². The molecule has 0 radical (unpaired) electrons. The van der Waals surface area contributed by atoms with E-state index in [9.17, 15) is 18.0 Å². The van der Waals surface area contributed by atoms with Crippen LogP contribution in [0.15, 0.2) is 48.8 Å². The van der Waals surface area contributed by atoms with Crippen molar-refractivity contribution in [1.29, 1.82) is 0 Å². The van der Waals surface area contributed by atoms with Crippen molar-refractivity contribution in [3.63, 3.8) is 0 Å². The molecule has 0 bridgehead atoms. The van der Waals surface area contributed by atoms with Crippen LogP contribution >= 0.6 is 0 Å². The van der Waals surface area contributed by atoms with Crippen molar-refractivity contribution in [1.82, 2.24) is 4.98 Å². The van der Waals surface area contributed by atoms with E-state index < -0.39 is 17.5 Å². The molecule has 104 valence electrons. The Labute approximate surface area is 114 Å². The number of carbonyl (C=O) groups excluding carboxylic acids is 1. The van der Waals surface area contributed by atoms with Gasteiger partial charge in [-0.05, 0) is 30.2 Å². The lowest BCUT2D eigenvalue weighted by molar-refractivity contribution is -0.137. The smallest absolute Gasteiger partial charge is 0.294 e. The number of pyridine rings is 1. The molecule has 5 heteroatoms. The number of aryl methyl sites for hydroxylation is 1. The second-order valence-corrected chi connectivity index (χ2v) is 4.32. The molecule has 1 aromatic carbocycles. The number of hydrogen-bond donors (Lipinski definition) is 0. The van der Waals surface area contributed by atoms with Gasteiger partial charge in [-0.3, -0.25) is 9.78 Å². The number of hydrogen-bond acceptors (Lipinski definition) is 2. The van der Waals surface area contributed by atoms with Crippen LogP contribution in [0.1, 0.15) is 27.9 Å². The molecule has 0 N–H and O–H groups in total. The van der Waals surface area contributed by atoms with Crippen LogP contribution in [0.3, 0.4) is 0 Å². The number of alkyl halides is 3. The summed E-state index contributed by atoms with van der Waals surface area (Å²) in [6, 6.07) is 8.35. The maximum absolute atomic E-state index is 12.8. The van der Waals surface area contributed by atoms with Crippen LogP contribution in [-0.2, 0) is 12.6 Å². The first-order chi connectivity index (χ1) is 9.48. The van der Waals surface area contributed by atoms with E-state index in [1.165, 1.54) is 18.2 Å². The van der Waals surface area contributed by atoms with E-state index in [1.807, 2.05) is 0 Å². The summed E-state index contributed by atoms with van der Waals surface area (Å²) in [5.41, 5.74) is -0.272. The van der Waals surface area contributed by atoms with Crippen molar-refractivity contribution >= 4 is 5.78 Å². The molecule has 0 aliphatic carbocycles. The molecule has 0 saturated carbocycles. The highest BCUT2D eigenvalue weighted by Crippen LogP contribution is 2.32. The first-order valence-corrected chi connectivity index (χ1v) is 6.07. The highest BCUT2D eigenvalue weighted by Gasteiger charge is 2.34. The SMILES string of the molecule is O=C(CCc1ccncc1)c1ccccc1C(F)(F)F. The van der Waals surface area contributed by atoms with Crippen molar-refractivity contribution in [3.8, 4) is 0 Å². The zero-order valence-electron chi connectivity index (χ0n) is 10.5. The number of aromatic nitrogens is 1. The molecule has 0 atom stereocenters. The van der Waals surface area contributed by atoms with Gasteiger partial charge < -0.3 is 0 Å². The van der Waals surface area contributed by atoms with E-state index in [0.29, 0.717) is 6.42 Å². The third kappa shape index (κ3) is 3.44. The minimum atomic E-state index is -4.51. The number of Topliss-reactive ketones (excluding diaryl/α,β-unsaturated/α-hetero) is 1. The average Bonchev–Trinajstić information content (AvgIpc) is 2.45. The molecule has 0 fully saturated rings. The van der Waals surface area contributed by atoms with Crippen molar-refractivity contribution in [2.45, 2.75) is 19.0 Å². The van der Waals surface area contributed by atoms with Gasteiger partial charge in [0.15, 0.2) is 5.78 Å². The van der Waals surface area contributed by atoms with Gasteiger partial charge in [0.2, 0.25) is 0 Å². The fraction of sp³-hybridized carbons (Fsp3) is 0.200. The molecule has 20 heavy (non-hydrogen) atoms. The maximum atomic E-state index is 12.8. The standard InChI is InChI=1S/C15H12F3NO/c16-15(17,18)13-4-2-1-3-12(13)14(20)6-5-11-7-9-19-10-8-11/h1-4,7-10H,5-6H2. The molecule has 2 aromatic rings. The number of halogens is 3. The lowest BCUT2D eigenvalue weighted by Crippen LogP contribution is -2.13. The highest BCUT2D eigenvalue weighted by molar-refractivity contribution is 5.97. The van der Waals surface area contributed by atoms with Crippen LogP contribution in [0.5, 0.6) is 0 Å². The van der Waals surface area contributed by atoms with Crippen LogP contribution in [0.25, 0.3) is 0 Å². The molecule has 0 amide bonds. The number of nitrogens with zero attached hydrogens (tertiary/aromatic N) is 1. The molecule has 0 aliphatic rings. The molecule has 1 aromatic heterocycles. The van der Waals surface area contributed by atoms with Gasteiger partial charge in [0.25, 0.3) is 0 Å². The Bertz CT molecular complexity index is 594. The Morgan fingerprint density at radius 3 is 2.35 bits per heavy atom. The highest BCUT2D eigenvalue weighted by atomic mass is 19.4. The first-order valence-electron chi connectivity index (χ1n) is 6.07. The van der Waals surface area contributed by atoms with E-state index in [1.54, 1.807) is 24.5 Å². The van der Waals surface area contributed by atoms with Crippen LogP contribution in [-0.4, -0.2) is 10.8 Å². The van der Waals surface area contributed by atoms with Crippen LogP contribution in [0.4, 0.5) is 13.2 Å². The Balaban J connectivity index is 2.14. The predicted octanol–water partition coefficient (Wildman–Crippen LogP) is 3.92. The monoisotopic (exact) mass is 279 g/mol. The summed E-state index contributed by atoms with van der Waals surface area (Å²) in [5.74, 6) is -0.505. The van der Waals surface area contributed by atoms with Gasteiger partial charge in [-0.2, -0.15) is 13.2 Å². The van der Waals surface area contributed by atoms with Gasteiger partial charge >= 0.3 is 6.18 Å². The van der Waals surface area contributed by atoms with Gasteiger partial charge in [-0.15, -0.1) is 0 Å². The van der Waals surface area contributed by atoms with E-state index in [0.717, 1.165) is 11.6 Å². The quantitative estimate of drug-likeness (QED) is 0.794. The van der Waals surface area contributed by atoms with Crippen LogP contribution in [0.2, 0.25) is 0 Å². The van der Waals surface area contributed by atoms with Gasteiger partial charge in [0.05, 0.1) is 5.56 Å². The average molecular weight is 279 g/mol. The van der Waals surface area contributed by atoms with Gasteiger partial charge in [-0.25, -0.2) is 0 Å². The Hall–Kier alpha value is -2.17. The molecular formula is C15H12F3NO. The third-order valence-corrected chi connectivity index (χ3v) is 2.92. The molecule has 2 nitrogen and oxygen atoms in total. The van der Waals surface area contributed by atoms with E-state index in [2.05, 4.69) is 4.98 Å². The molecule has 0 aliphatic heterocycles. The number of benzene rings is 1. The summed E-state index contributed by atoms with van der Waals surface area (Å²) in [6.45, 7) is 0. The molecular weight excluding hydrogens is 267 g/mol. The molecule has 0 saturated heterocycles. The Kier molecular flexibility index (Phi) is 4.17. The summed E-state index contributed by atoms with van der Waals surface area (Å²) in [4.78, 5) is 15.8. The number of rotatable bonds is 4. The van der Waals surface area contributed by atoms with E-state index >= 15 is 0 Å². The summed E-state index contributed by atoms with van der Waals surface area (Å²) >= 11 is 0. The Morgan fingerprint density at radius 1 is 1.05 bits per heavy atom. The molecule has 0 unspecified atom stereocenters. The van der Waals surface area contributed by atoms with Gasteiger partial charge in [0.1, 0.15) is 0 Å². The van der Waals surface area contributed by atoms with Gasteiger partial charge in [-0.1, -0.05) is 18.2 Å². The third-order valence-electron chi connectivity index (χ3n) is 2.92. The van der Waals surface area contributed by atoms with Crippen molar-refractivity contribution in [3.05, 3.63) is 65.5 Å². The molecule has 1 heterocycles. The second kappa shape index (κ2) is 5.86. The largest absolute Gasteiger partial charge is 0.417 e.